The second kappa shape index (κ2) is 7.68. The molecule has 0 spiro atoms. The zero-order valence-corrected chi connectivity index (χ0v) is 11.3. The van der Waals surface area contributed by atoms with Gasteiger partial charge < -0.3 is 4.74 Å². The maximum atomic E-state index is 12.6. The first-order chi connectivity index (χ1) is 8.58. The van der Waals surface area contributed by atoms with E-state index in [0.717, 1.165) is 0 Å². The van der Waals surface area contributed by atoms with E-state index in [4.69, 9.17) is 5.84 Å². The Balaban J connectivity index is 4.11. The number of rotatable bonds is 7. The Labute approximate surface area is 110 Å². The molecule has 3 N–H and O–H groups in total. The van der Waals surface area contributed by atoms with Gasteiger partial charge in [-0.05, 0) is 20.8 Å². The average molecular weight is 284 g/mol. The highest BCUT2D eigenvalue weighted by molar-refractivity contribution is 5.08. The molecule has 0 bridgehead atoms. The van der Waals surface area contributed by atoms with Crippen molar-refractivity contribution in [1.82, 2.24) is 5.43 Å². The summed E-state index contributed by atoms with van der Waals surface area (Å²) in [6.07, 6.45) is -3.45. The van der Waals surface area contributed by atoms with Gasteiger partial charge in [-0.25, -0.2) is 8.78 Å². The van der Waals surface area contributed by atoms with Crippen molar-refractivity contribution >= 4 is 0 Å². The lowest BCUT2D eigenvalue weighted by atomic mass is 9.97. The Morgan fingerprint density at radius 1 is 1.26 bits per heavy atom. The van der Waals surface area contributed by atoms with Crippen LogP contribution >= 0.6 is 0 Å². The summed E-state index contributed by atoms with van der Waals surface area (Å²) in [5.74, 6) is 6.84. The van der Waals surface area contributed by atoms with Crippen LogP contribution in [0.3, 0.4) is 0 Å². The number of hydrogen-bond donors (Lipinski definition) is 2. The van der Waals surface area contributed by atoms with E-state index < -0.39 is 25.0 Å². The quantitative estimate of drug-likeness (QED) is 0.326. The molecule has 0 amide bonds. The molecule has 0 rings (SSSR count). The zero-order valence-electron chi connectivity index (χ0n) is 11.3. The first-order valence-electron chi connectivity index (χ1n) is 5.78. The van der Waals surface area contributed by atoms with E-state index >= 15 is 0 Å². The normalized spacial score (nSPS) is 14.2. The molecule has 19 heavy (non-hydrogen) atoms. The Morgan fingerprint density at radius 3 is 2.26 bits per heavy atom. The van der Waals surface area contributed by atoms with Crippen molar-refractivity contribution in [2.45, 2.75) is 45.6 Å². The van der Waals surface area contributed by atoms with Gasteiger partial charge in [0, 0.05) is 11.8 Å². The first kappa shape index (κ1) is 18.2. The number of ether oxygens (including phenoxy) is 1. The molecule has 3 nitrogen and oxygen atoms in total. The fourth-order valence-electron chi connectivity index (χ4n) is 1.01. The zero-order chi connectivity index (χ0) is 15.1. The number of halogens is 4. The number of alkyl halides is 4. The number of hydrazine groups is 1. The maximum Gasteiger partial charge on any atom is 0.330 e. The Morgan fingerprint density at radius 2 is 1.84 bits per heavy atom. The van der Waals surface area contributed by atoms with Gasteiger partial charge in [-0.3, -0.25) is 11.3 Å². The molecule has 7 heteroatoms. The third-order valence-electron chi connectivity index (χ3n) is 1.98. The van der Waals surface area contributed by atoms with E-state index in [-0.39, 0.29) is 18.4 Å². The molecular weight excluding hydrogens is 264 g/mol. The molecule has 1 atom stereocenters. The molecule has 1 unspecified atom stereocenters. The third-order valence-corrected chi connectivity index (χ3v) is 1.98. The highest BCUT2D eigenvalue weighted by atomic mass is 19.3. The molecule has 0 aliphatic carbocycles. The van der Waals surface area contributed by atoms with Crippen LogP contribution < -0.4 is 11.3 Å². The molecule has 0 aromatic rings. The molecular formula is C12H20F4N2O. The number of nitrogens with two attached hydrogens (primary N) is 1. The van der Waals surface area contributed by atoms with Gasteiger partial charge >= 0.3 is 12.3 Å². The second-order valence-corrected chi connectivity index (χ2v) is 5.20. The molecule has 0 saturated carbocycles. The fourth-order valence-corrected chi connectivity index (χ4v) is 1.01. The molecule has 0 heterocycles. The van der Waals surface area contributed by atoms with E-state index in [1.165, 1.54) is 0 Å². The average Bonchev–Trinajstić information content (AvgIpc) is 2.25. The highest BCUT2D eigenvalue weighted by Crippen LogP contribution is 2.22. The summed E-state index contributed by atoms with van der Waals surface area (Å²) in [6, 6.07) is -0.483. The third kappa shape index (κ3) is 8.81. The summed E-state index contributed by atoms with van der Waals surface area (Å²) in [5.41, 5.74) is 2.17. The van der Waals surface area contributed by atoms with E-state index in [9.17, 15) is 17.6 Å². The van der Waals surface area contributed by atoms with Crippen LogP contribution in [-0.2, 0) is 4.74 Å². The summed E-state index contributed by atoms with van der Waals surface area (Å²) in [4.78, 5) is 0. The molecule has 0 radical (unpaired) electrons. The number of hydrogen-bond acceptors (Lipinski definition) is 3. The minimum absolute atomic E-state index is 0.178. The predicted molar refractivity (Wildman–Crippen MR) is 64.7 cm³/mol. The van der Waals surface area contributed by atoms with Gasteiger partial charge in [0.15, 0.2) is 0 Å². The van der Waals surface area contributed by atoms with Gasteiger partial charge in [0.1, 0.15) is 6.61 Å². The van der Waals surface area contributed by atoms with Crippen molar-refractivity contribution in [3.05, 3.63) is 0 Å². The van der Waals surface area contributed by atoms with Crippen LogP contribution in [0.15, 0.2) is 0 Å². The van der Waals surface area contributed by atoms with Crippen molar-refractivity contribution < 1.29 is 22.3 Å². The lowest BCUT2D eigenvalue weighted by Crippen LogP contribution is -2.40. The molecule has 0 aliphatic heterocycles. The van der Waals surface area contributed by atoms with Crippen molar-refractivity contribution in [2.75, 3.05) is 13.2 Å². The summed E-state index contributed by atoms with van der Waals surface area (Å²) >= 11 is 0. The van der Waals surface area contributed by atoms with Crippen LogP contribution in [0.25, 0.3) is 0 Å². The van der Waals surface area contributed by atoms with E-state index in [1.807, 2.05) is 20.8 Å². The van der Waals surface area contributed by atoms with Crippen LogP contribution in [-0.4, -0.2) is 31.6 Å². The summed E-state index contributed by atoms with van der Waals surface area (Å²) in [5, 5.41) is 0. The van der Waals surface area contributed by atoms with Gasteiger partial charge in [0.25, 0.3) is 0 Å². The van der Waals surface area contributed by atoms with Crippen LogP contribution in [0.2, 0.25) is 0 Å². The smallest absolute Gasteiger partial charge is 0.330 e. The standard InChI is InChI=1S/C12H20F4N2O/c1-11(2,3)6-4-5-9(18-17)7-19-8-12(15,16)10(13)14/h9-10,18H,5,7-8,17H2,1-3H3. The maximum absolute atomic E-state index is 12.6. The lowest BCUT2D eigenvalue weighted by Gasteiger charge is -2.18. The molecule has 0 aromatic carbocycles. The van der Waals surface area contributed by atoms with Crippen molar-refractivity contribution in [2.24, 2.45) is 11.3 Å². The summed E-state index contributed by atoms with van der Waals surface area (Å²) in [7, 11) is 0. The van der Waals surface area contributed by atoms with Gasteiger partial charge in [0.2, 0.25) is 0 Å². The van der Waals surface area contributed by atoms with Crippen LogP contribution in [0.1, 0.15) is 27.2 Å². The Bertz CT molecular complexity index is 318. The molecule has 0 aromatic heterocycles. The lowest BCUT2D eigenvalue weighted by molar-refractivity contribution is -0.167. The molecule has 112 valence electrons. The van der Waals surface area contributed by atoms with Crippen LogP contribution in [0, 0.1) is 17.3 Å². The van der Waals surface area contributed by atoms with E-state index in [2.05, 4.69) is 22.0 Å². The number of nitrogens with one attached hydrogen (secondary N) is 1. The fraction of sp³-hybridized carbons (Fsp3) is 0.833. The second-order valence-electron chi connectivity index (χ2n) is 5.20. The van der Waals surface area contributed by atoms with Crippen molar-refractivity contribution in [1.29, 1.82) is 0 Å². The topological polar surface area (TPSA) is 47.3 Å². The molecule has 0 saturated heterocycles. The van der Waals surface area contributed by atoms with Gasteiger partial charge in [-0.1, -0.05) is 5.92 Å². The minimum atomic E-state index is -4.14. The molecule has 0 aliphatic rings. The minimum Gasteiger partial charge on any atom is -0.373 e. The van der Waals surface area contributed by atoms with Gasteiger partial charge in [-0.2, -0.15) is 8.78 Å². The SMILES string of the molecule is CC(C)(C)C#CCC(COCC(F)(F)C(F)F)NN. The van der Waals surface area contributed by atoms with Gasteiger partial charge in [-0.15, -0.1) is 5.92 Å². The first-order valence-corrected chi connectivity index (χ1v) is 5.78. The molecule has 0 fully saturated rings. The van der Waals surface area contributed by atoms with E-state index in [1.54, 1.807) is 0 Å². The Kier molecular flexibility index (Phi) is 7.34. The summed E-state index contributed by atoms with van der Waals surface area (Å²) in [6.45, 7) is 4.22. The van der Waals surface area contributed by atoms with Crippen LogP contribution in [0.4, 0.5) is 17.6 Å². The van der Waals surface area contributed by atoms with Crippen LogP contribution in [0.5, 0.6) is 0 Å². The monoisotopic (exact) mass is 284 g/mol. The van der Waals surface area contributed by atoms with Gasteiger partial charge in [0.05, 0.1) is 12.6 Å². The van der Waals surface area contributed by atoms with Crippen molar-refractivity contribution in [3.63, 3.8) is 0 Å². The largest absolute Gasteiger partial charge is 0.373 e. The Hall–Kier alpha value is -0.840. The summed E-state index contributed by atoms with van der Waals surface area (Å²) < 4.78 is 53.4. The van der Waals surface area contributed by atoms with E-state index in [0.29, 0.717) is 0 Å². The highest BCUT2D eigenvalue weighted by Gasteiger charge is 2.41. The predicted octanol–water partition coefficient (Wildman–Crippen LogP) is 2.17. The van der Waals surface area contributed by atoms with Crippen molar-refractivity contribution in [3.8, 4) is 11.8 Å².